The van der Waals surface area contributed by atoms with E-state index in [1.165, 1.54) is 6.07 Å². The highest BCUT2D eigenvalue weighted by Crippen LogP contribution is 2.45. The molecular weight excluding hydrogens is 367 g/mol. The van der Waals surface area contributed by atoms with Gasteiger partial charge < -0.3 is 15.0 Å². The van der Waals surface area contributed by atoms with Crippen LogP contribution in [0.15, 0.2) is 42.5 Å². The van der Waals surface area contributed by atoms with Crippen molar-refractivity contribution in [3.63, 3.8) is 0 Å². The van der Waals surface area contributed by atoms with Crippen LogP contribution in [0.5, 0.6) is 5.75 Å². The molecular formula is C21H20F3N3O. The number of hydrogen-bond donors (Lipinski definition) is 1. The maximum Gasteiger partial charge on any atom is 0.422 e. The van der Waals surface area contributed by atoms with Crippen molar-refractivity contribution in [2.75, 3.05) is 30.4 Å². The molecule has 0 atom stereocenters. The number of fused-ring (bicyclic) bond motifs is 3. The SMILES string of the molecule is CNc1nc2c(OCC(F)(F)F)cccc2c2c1CCN2c1ccccc1C. The Hall–Kier alpha value is -2.96. The number of benzene rings is 2. The second-order valence-corrected chi connectivity index (χ2v) is 6.78. The molecule has 28 heavy (non-hydrogen) atoms. The van der Waals surface area contributed by atoms with E-state index < -0.39 is 12.8 Å². The standard InChI is InChI=1S/C21H20F3N3O/c1-13-6-3-4-8-16(13)27-11-10-15-19(27)14-7-5-9-17(28-12-21(22,23)24)18(14)26-20(15)25-2/h3-9H,10-12H2,1-2H3,(H,25,26). The highest BCUT2D eigenvalue weighted by Gasteiger charge is 2.31. The maximum absolute atomic E-state index is 12.7. The van der Waals surface area contributed by atoms with Crippen LogP contribution in [0, 0.1) is 6.92 Å². The topological polar surface area (TPSA) is 37.4 Å². The Morgan fingerprint density at radius 1 is 1.14 bits per heavy atom. The van der Waals surface area contributed by atoms with Gasteiger partial charge in [0.2, 0.25) is 0 Å². The Labute approximate surface area is 160 Å². The Morgan fingerprint density at radius 2 is 1.93 bits per heavy atom. The Morgan fingerprint density at radius 3 is 2.64 bits per heavy atom. The normalized spacial score (nSPS) is 13.7. The smallest absolute Gasteiger partial charge is 0.422 e. The first kappa shape index (κ1) is 18.4. The first-order chi connectivity index (χ1) is 13.4. The van der Waals surface area contributed by atoms with Crippen molar-refractivity contribution in [3.8, 4) is 5.75 Å². The zero-order valence-electron chi connectivity index (χ0n) is 15.6. The number of rotatable bonds is 4. The molecule has 0 aliphatic carbocycles. The molecule has 0 saturated carbocycles. The van der Waals surface area contributed by atoms with Gasteiger partial charge >= 0.3 is 6.18 Å². The Kier molecular flexibility index (Phi) is 4.53. The van der Waals surface area contributed by atoms with Gasteiger partial charge in [0.25, 0.3) is 0 Å². The molecule has 0 spiro atoms. The molecule has 1 N–H and O–H groups in total. The number of halogens is 3. The Bertz CT molecular complexity index is 1030. The summed E-state index contributed by atoms with van der Waals surface area (Å²) < 4.78 is 43.1. The third-order valence-corrected chi connectivity index (χ3v) is 4.94. The summed E-state index contributed by atoms with van der Waals surface area (Å²) in [6.45, 7) is 1.48. The molecule has 0 fully saturated rings. The first-order valence-corrected chi connectivity index (χ1v) is 9.05. The third kappa shape index (κ3) is 3.21. The van der Waals surface area contributed by atoms with Crippen molar-refractivity contribution >= 4 is 28.1 Å². The number of pyridine rings is 1. The lowest BCUT2D eigenvalue weighted by Crippen LogP contribution is -2.19. The van der Waals surface area contributed by atoms with Gasteiger partial charge in [0.15, 0.2) is 6.61 Å². The summed E-state index contributed by atoms with van der Waals surface area (Å²) in [5, 5.41) is 3.88. The lowest BCUT2D eigenvalue weighted by Gasteiger charge is -2.24. The summed E-state index contributed by atoms with van der Waals surface area (Å²) in [4.78, 5) is 6.80. The average molecular weight is 387 g/mol. The second kappa shape index (κ2) is 6.89. The van der Waals surface area contributed by atoms with Gasteiger partial charge in [-0.2, -0.15) is 13.2 Å². The minimum Gasteiger partial charge on any atom is -0.482 e. The van der Waals surface area contributed by atoms with Crippen LogP contribution < -0.4 is 15.0 Å². The van der Waals surface area contributed by atoms with E-state index >= 15 is 0 Å². The molecule has 1 aliphatic rings. The van der Waals surface area contributed by atoms with Gasteiger partial charge in [-0.05, 0) is 31.0 Å². The monoisotopic (exact) mass is 387 g/mol. The number of ether oxygens (including phenoxy) is 1. The van der Waals surface area contributed by atoms with Gasteiger partial charge in [-0.25, -0.2) is 4.98 Å². The predicted octanol–water partition coefficient (Wildman–Crippen LogP) is 5.22. The summed E-state index contributed by atoms with van der Waals surface area (Å²) in [7, 11) is 1.77. The van der Waals surface area contributed by atoms with Crippen LogP contribution in [0.4, 0.5) is 30.4 Å². The zero-order valence-corrected chi connectivity index (χ0v) is 15.6. The number of hydrogen-bond acceptors (Lipinski definition) is 4. The summed E-state index contributed by atoms with van der Waals surface area (Å²) >= 11 is 0. The molecule has 2 aromatic carbocycles. The molecule has 0 amide bonds. The molecule has 146 valence electrons. The van der Waals surface area contributed by atoms with Crippen molar-refractivity contribution in [3.05, 3.63) is 53.6 Å². The van der Waals surface area contributed by atoms with Crippen molar-refractivity contribution in [1.82, 2.24) is 4.98 Å². The summed E-state index contributed by atoms with van der Waals surface area (Å²) in [6, 6.07) is 13.2. The lowest BCUT2D eigenvalue weighted by molar-refractivity contribution is -0.153. The molecule has 0 unspecified atom stereocenters. The molecule has 2 heterocycles. The van der Waals surface area contributed by atoms with E-state index in [1.807, 2.05) is 31.2 Å². The predicted molar refractivity (Wildman–Crippen MR) is 105 cm³/mol. The van der Waals surface area contributed by atoms with Gasteiger partial charge in [0, 0.05) is 30.2 Å². The van der Waals surface area contributed by atoms with Gasteiger partial charge in [0.05, 0.1) is 5.69 Å². The average Bonchev–Trinajstić information content (AvgIpc) is 3.10. The van der Waals surface area contributed by atoms with Crippen LogP contribution in [0.3, 0.4) is 0 Å². The van der Waals surface area contributed by atoms with Gasteiger partial charge in [-0.3, -0.25) is 0 Å². The number of aromatic nitrogens is 1. The number of nitrogens with zero attached hydrogens (tertiary/aromatic N) is 2. The van der Waals surface area contributed by atoms with E-state index in [2.05, 4.69) is 21.3 Å². The molecule has 1 aromatic heterocycles. The fourth-order valence-electron chi connectivity index (χ4n) is 3.75. The van der Waals surface area contributed by atoms with E-state index in [0.717, 1.165) is 40.9 Å². The minimum absolute atomic E-state index is 0.130. The van der Waals surface area contributed by atoms with E-state index in [1.54, 1.807) is 13.1 Å². The van der Waals surface area contributed by atoms with Gasteiger partial charge in [0.1, 0.15) is 17.1 Å². The third-order valence-electron chi connectivity index (χ3n) is 4.94. The van der Waals surface area contributed by atoms with Crippen LogP contribution in [0.2, 0.25) is 0 Å². The summed E-state index contributed by atoms with van der Waals surface area (Å²) in [6.07, 6.45) is -3.60. The van der Waals surface area contributed by atoms with Crippen LogP contribution >= 0.6 is 0 Å². The van der Waals surface area contributed by atoms with Crippen molar-refractivity contribution < 1.29 is 17.9 Å². The van der Waals surface area contributed by atoms with Crippen molar-refractivity contribution in [2.45, 2.75) is 19.5 Å². The highest BCUT2D eigenvalue weighted by molar-refractivity contribution is 6.02. The van der Waals surface area contributed by atoms with Crippen LogP contribution in [0.25, 0.3) is 10.9 Å². The van der Waals surface area contributed by atoms with Gasteiger partial charge in [-0.15, -0.1) is 0 Å². The van der Waals surface area contributed by atoms with Crippen LogP contribution in [-0.4, -0.2) is 31.4 Å². The fraction of sp³-hybridized carbons (Fsp3) is 0.286. The van der Waals surface area contributed by atoms with Crippen molar-refractivity contribution in [1.29, 1.82) is 0 Å². The van der Waals surface area contributed by atoms with Gasteiger partial charge in [-0.1, -0.05) is 30.3 Å². The molecule has 0 saturated heterocycles. The van der Waals surface area contributed by atoms with E-state index in [4.69, 9.17) is 4.74 Å². The second-order valence-electron chi connectivity index (χ2n) is 6.78. The first-order valence-electron chi connectivity index (χ1n) is 9.05. The van der Waals surface area contributed by atoms with Crippen molar-refractivity contribution in [2.24, 2.45) is 0 Å². The fourth-order valence-corrected chi connectivity index (χ4v) is 3.75. The number of anilines is 3. The molecule has 0 bridgehead atoms. The van der Waals surface area contributed by atoms with Crippen LogP contribution in [-0.2, 0) is 6.42 Å². The zero-order chi connectivity index (χ0) is 19.9. The molecule has 1 aliphatic heterocycles. The van der Waals surface area contributed by atoms with Crippen LogP contribution in [0.1, 0.15) is 11.1 Å². The molecule has 4 nitrogen and oxygen atoms in total. The largest absolute Gasteiger partial charge is 0.482 e. The highest BCUT2D eigenvalue weighted by atomic mass is 19.4. The number of alkyl halides is 3. The molecule has 0 radical (unpaired) electrons. The molecule has 3 aromatic rings. The van der Waals surface area contributed by atoms with E-state index in [0.29, 0.717) is 11.3 Å². The number of aryl methyl sites for hydroxylation is 1. The molecule has 7 heteroatoms. The number of para-hydroxylation sites is 2. The minimum atomic E-state index is -4.40. The summed E-state index contributed by atoms with van der Waals surface area (Å²) in [5.74, 6) is 0.799. The quantitative estimate of drug-likeness (QED) is 0.666. The lowest BCUT2D eigenvalue weighted by atomic mass is 10.1. The summed E-state index contributed by atoms with van der Waals surface area (Å²) in [5.41, 5.74) is 4.68. The Balaban J connectivity index is 1.90. The van der Waals surface area contributed by atoms with E-state index in [9.17, 15) is 13.2 Å². The van der Waals surface area contributed by atoms with E-state index in [-0.39, 0.29) is 5.75 Å². The molecule has 4 rings (SSSR count). The number of nitrogens with one attached hydrogen (secondary N) is 1. The maximum atomic E-state index is 12.7.